The summed E-state index contributed by atoms with van der Waals surface area (Å²) in [7, 11) is 0. The summed E-state index contributed by atoms with van der Waals surface area (Å²) >= 11 is 0. The maximum atomic E-state index is 12.2. The fourth-order valence-corrected chi connectivity index (χ4v) is 9.05. The van der Waals surface area contributed by atoms with Gasteiger partial charge in [0.2, 0.25) is 0 Å². The van der Waals surface area contributed by atoms with Crippen molar-refractivity contribution in [3.63, 3.8) is 0 Å². The Kier molecular flexibility index (Phi) is 30.6. The summed E-state index contributed by atoms with van der Waals surface area (Å²) in [5.41, 5.74) is 0. The second kappa shape index (κ2) is 34.4. The molecular formula is C50H90O21. The number of carbonyl (C=O) groups is 3. The molecule has 3 aliphatic rings. The molecule has 5 unspecified atom stereocenters. The minimum absolute atomic E-state index is 0.000790. The third-order valence-corrected chi connectivity index (χ3v) is 13.4. The molecule has 0 bridgehead atoms. The van der Waals surface area contributed by atoms with E-state index in [1.807, 2.05) is 20.8 Å². The number of unbranched alkanes of at least 4 members (excludes halogenated alkanes) is 12. The lowest BCUT2D eigenvalue weighted by atomic mass is 9.95. The molecule has 3 heterocycles. The van der Waals surface area contributed by atoms with Crippen LogP contribution in [0, 0.1) is 5.92 Å². The van der Waals surface area contributed by atoms with Gasteiger partial charge in [-0.15, -0.1) is 0 Å². The van der Waals surface area contributed by atoms with Crippen molar-refractivity contribution in [3.8, 4) is 0 Å². The molecule has 71 heavy (non-hydrogen) atoms. The molecule has 17 atom stereocenters. The van der Waals surface area contributed by atoms with Gasteiger partial charge in [0.05, 0.1) is 38.1 Å². The Morgan fingerprint density at radius 1 is 0.606 bits per heavy atom. The van der Waals surface area contributed by atoms with Crippen molar-refractivity contribution in [2.75, 3.05) is 26.4 Å². The highest BCUT2D eigenvalue weighted by Crippen LogP contribution is 2.31. The lowest BCUT2D eigenvalue weighted by molar-refractivity contribution is -0.355. The molecule has 0 spiro atoms. The lowest BCUT2D eigenvalue weighted by Crippen LogP contribution is -2.63. The van der Waals surface area contributed by atoms with Gasteiger partial charge in [0.15, 0.2) is 24.8 Å². The van der Waals surface area contributed by atoms with Crippen LogP contribution in [0.4, 0.5) is 0 Å². The number of hydrogen-bond acceptors (Lipinski definition) is 20. The van der Waals surface area contributed by atoms with Gasteiger partial charge < -0.3 is 89.0 Å². The largest absolute Gasteiger partial charge is 0.479 e. The van der Waals surface area contributed by atoms with E-state index in [0.717, 1.165) is 96.8 Å². The smallest absolute Gasteiger partial charge is 0.332 e. The van der Waals surface area contributed by atoms with Crippen molar-refractivity contribution in [3.05, 3.63) is 0 Å². The molecular weight excluding hydrogens is 937 g/mol. The maximum absolute atomic E-state index is 12.2. The van der Waals surface area contributed by atoms with Crippen molar-refractivity contribution in [1.82, 2.24) is 0 Å². The quantitative estimate of drug-likeness (QED) is 0.0318. The van der Waals surface area contributed by atoms with Crippen LogP contribution in [0.25, 0.3) is 0 Å². The SMILES string of the molecule is CCCCC(CCC[C@H](O)C(O)CCCCCCCCCCCCCC[C@@H](O)C(=O)O)OC1OC[C@H](O)[C@@H](O)[C@@H]1O[C@H]1OC[C@H](OC(C)=O)[C@@H](O)[C@@H]1OCC1OC(COC(=O)CC(C)C)[C@H](O)[C@@H](O)[C@@H]1O. The number of hydrogen-bond donors (Lipinski definition) is 10. The first-order chi connectivity index (χ1) is 33.8. The zero-order valence-electron chi connectivity index (χ0n) is 42.5. The van der Waals surface area contributed by atoms with E-state index < -0.39 is 135 Å². The molecule has 3 fully saturated rings. The van der Waals surface area contributed by atoms with E-state index in [2.05, 4.69) is 0 Å². The minimum Gasteiger partial charge on any atom is -0.479 e. The van der Waals surface area contributed by atoms with Gasteiger partial charge in [-0.1, -0.05) is 111 Å². The van der Waals surface area contributed by atoms with Crippen molar-refractivity contribution in [2.45, 2.75) is 267 Å². The molecule has 21 nitrogen and oxygen atoms in total. The molecule has 0 aromatic heterocycles. The lowest BCUT2D eigenvalue weighted by Gasteiger charge is -2.45. The average Bonchev–Trinajstić information content (AvgIpc) is 3.32. The van der Waals surface area contributed by atoms with Crippen LogP contribution in [0.3, 0.4) is 0 Å². The number of aliphatic hydroxyl groups excluding tert-OH is 9. The topological polar surface area (TPSA) is 327 Å². The molecule has 416 valence electrons. The van der Waals surface area contributed by atoms with E-state index >= 15 is 0 Å². The third-order valence-electron chi connectivity index (χ3n) is 13.4. The van der Waals surface area contributed by atoms with E-state index in [9.17, 15) is 60.3 Å². The van der Waals surface area contributed by atoms with Crippen LogP contribution < -0.4 is 0 Å². The minimum atomic E-state index is -1.73. The first-order valence-corrected chi connectivity index (χ1v) is 26.3. The summed E-state index contributed by atoms with van der Waals surface area (Å²) in [5, 5.41) is 105. The fraction of sp³-hybridized carbons (Fsp3) is 0.940. The number of carboxylic acid groups (broad SMARTS) is 1. The highest BCUT2D eigenvalue weighted by Gasteiger charge is 2.50. The summed E-state index contributed by atoms with van der Waals surface area (Å²) in [5.74, 6) is -2.44. The fourth-order valence-electron chi connectivity index (χ4n) is 9.05. The molecule has 0 aliphatic carbocycles. The summed E-state index contributed by atoms with van der Waals surface area (Å²) in [6, 6.07) is 0. The first-order valence-electron chi connectivity index (χ1n) is 26.3. The van der Waals surface area contributed by atoms with Crippen molar-refractivity contribution >= 4 is 17.9 Å². The number of carbonyl (C=O) groups excluding carboxylic acids is 2. The van der Waals surface area contributed by atoms with Crippen LogP contribution in [-0.4, -0.2) is 200 Å². The molecule has 0 radical (unpaired) electrons. The van der Waals surface area contributed by atoms with Crippen LogP contribution in [0.1, 0.15) is 163 Å². The van der Waals surface area contributed by atoms with Crippen LogP contribution in [0.15, 0.2) is 0 Å². The summed E-state index contributed by atoms with van der Waals surface area (Å²) < 4.78 is 46.8. The van der Waals surface area contributed by atoms with Gasteiger partial charge in [-0.2, -0.15) is 0 Å². The Balaban J connectivity index is 1.52. The zero-order valence-corrected chi connectivity index (χ0v) is 42.5. The molecule has 0 amide bonds. The Morgan fingerprint density at radius 2 is 1.14 bits per heavy atom. The van der Waals surface area contributed by atoms with Crippen LogP contribution >= 0.6 is 0 Å². The number of carboxylic acids is 1. The van der Waals surface area contributed by atoms with E-state index in [0.29, 0.717) is 38.5 Å². The molecule has 3 saturated heterocycles. The molecule has 0 aromatic carbocycles. The van der Waals surface area contributed by atoms with Crippen LogP contribution in [-0.2, 0) is 52.3 Å². The van der Waals surface area contributed by atoms with E-state index in [1.165, 1.54) is 0 Å². The van der Waals surface area contributed by atoms with E-state index in [1.54, 1.807) is 0 Å². The monoisotopic (exact) mass is 1030 g/mol. The van der Waals surface area contributed by atoms with Crippen molar-refractivity contribution in [1.29, 1.82) is 0 Å². The molecule has 21 heteroatoms. The number of esters is 2. The van der Waals surface area contributed by atoms with Gasteiger partial charge in [-0.05, 0) is 44.4 Å². The highest BCUT2D eigenvalue weighted by atomic mass is 16.8. The maximum Gasteiger partial charge on any atom is 0.332 e. The molecule has 3 rings (SSSR count). The Labute approximate surface area is 419 Å². The van der Waals surface area contributed by atoms with Gasteiger partial charge in [-0.25, -0.2) is 4.79 Å². The predicted octanol–water partition coefficient (Wildman–Crippen LogP) is 2.30. The second-order valence-corrected chi connectivity index (χ2v) is 20.1. The number of aliphatic carboxylic acids is 1. The molecule has 0 aromatic rings. The van der Waals surface area contributed by atoms with E-state index in [-0.39, 0.29) is 25.6 Å². The standard InChI is InChI=1S/C50H90O21/c1-5-6-20-32(21-19-24-34(53)33(52)22-17-15-13-11-9-7-8-10-12-14-16-18-23-35(54)48(62)63)69-50-47(41(57)36(55)26-66-50)71-49-46(44(60)39(29-67-49)68-31(4)51)65-28-38-43(59)45(61)42(58)37(70-38)27-64-40(56)25-30(2)3/h30,32-39,41-47,49-50,52-55,57-61H,5-29H2,1-4H3,(H,62,63)/t32?,33?,34-,35+,36-,37?,38?,39-,41+,42-,43+,44+,45+,46-,47-,49+,50?/m0/s1. The Morgan fingerprint density at radius 3 is 1.70 bits per heavy atom. The van der Waals surface area contributed by atoms with Crippen molar-refractivity contribution in [2.24, 2.45) is 5.92 Å². The Hall–Kier alpha value is -2.19. The predicted molar refractivity (Wildman–Crippen MR) is 253 cm³/mol. The van der Waals surface area contributed by atoms with E-state index in [4.69, 9.17) is 43.0 Å². The van der Waals surface area contributed by atoms with Gasteiger partial charge in [0, 0.05) is 13.3 Å². The van der Waals surface area contributed by atoms with Crippen LogP contribution in [0.5, 0.6) is 0 Å². The average molecular weight is 1030 g/mol. The second-order valence-electron chi connectivity index (χ2n) is 20.1. The van der Waals surface area contributed by atoms with Gasteiger partial charge in [0.1, 0.15) is 67.6 Å². The third kappa shape index (κ3) is 23.1. The highest BCUT2D eigenvalue weighted by molar-refractivity contribution is 5.71. The number of aliphatic hydroxyl groups is 9. The first kappa shape index (κ1) is 63.1. The number of rotatable bonds is 36. The van der Waals surface area contributed by atoms with Gasteiger partial charge in [0.25, 0.3) is 0 Å². The zero-order chi connectivity index (χ0) is 52.5. The molecule has 10 N–H and O–H groups in total. The van der Waals surface area contributed by atoms with Gasteiger partial charge >= 0.3 is 17.9 Å². The Bertz CT molecular complexity index is 1460. The number of ether oxygens (including phenoxy) is 8. The molecule has 0 saturated carbocycles. The van der Waals surface area contributed by atoms with Gasteiger partial charge in [-0.3, -0.25) is 9.59 Å². The summed E-state index contributed by atoms with van der Waals surface area (Å²) in [6.07, 6.45) is -6.05. The van der Waals surface area contributed by atoms with Crippen molar-refractivity contribution < 1.29 is 103 Å². The van der Waals surface area contributed by atoms with Crippen LogP contribution in [0.2, 0.25) is 0 Å². The normalized spacial score (nSPS) is 30.9. The summed E-state index contributed by atoms with van der Waals surface area (Å²) in [6.45, 7) is 5.15. The summed E-state index contributed by atoms with van der Waals surface area (Å²) in [4.78, 5) is 34.8. The molecule has 3 aliphatic heterocycles.